The molecule has 4 heteroatoms. The Morgan fingerprint density at radius 3 is 2.35 bits per heavy atom. The molecule has 0 aliphatic rings. The second kappa shape index (κ2) is 9.16. The zero-order valence-electron chi connectivity index (χ0n) is 11.6. The van der Waals surface area contributed by atoms with Crippen LogP contribution >= 0.6 is 0 Å². The average molecular weight is 242 g/mol. The van der Waals surface area contributed by atoms with Gasteiger partial charge in [-0.25, -0.2) is 0 Å². The molecule has 0 atom stereocenters. The van der Waals surface area contributed by atoms with E-state index in [1.807, 2.05) is 27.7 Å². The van der Waals surface area contributed by atoms with Gasteiger partial charge >= 0.3 is 0 Å². The predicted molar refractivity (Wildman–Crippen MR) is 69.9 cm³/mol. The first-order valence-corrected chi connectivity index (χ1v) is 6.53. The van der Waals surface area contributed by atoms with E-state index >= 15 is 0 Å². The highest BCUT2D eigenvalue weighted by atomic mass is 16.2. The smallest absolute Gasteiger partial charge is 0.234 e. The van der Waals surface area contributed by atoms with Crippen molar-refractivity contribution in [3.8, 4) is 0 Å². The number of nitrogens with zero attached hydrogens (tertiary/aromatic N) is 1. The number of ketones is 1. The number of hydrogen-bond acceptors (Lipinski definition) is 3. The Morgan fingerprint density at radius 2 is 1.88 bits per heavy atom. The first-order chi connectivity index (χ1) is 7.99. The number of amides is 1. The van der Waals surface area contributed by atoms with Crippen LogP contribution in [0.5, 0.6) is 0 Å². The lowest BCUT2D eigenvalue weighted by Gasteiger charge is -2.20. The molecule has 0 fully saturated rings. The molecule has 100 valence electrons. The van der Waals surface area contributed by atoms with Gasteiger partial charge in [0.05, 0.1) is 6.54 Å². The second-order valence-corrected chi connectivity index (χ2v) is 4.59. The third-order valence-electron chi connectivity index (χ3n) is 2.59. The molecule has 17 heavy (non-hydrogen) atoms. The van der Waals surface area contributed by atoms with E-state index in [1.54, 1.807) is 0 Å². The molecule has 0 heterocycles. The summed E-state index contributed by atoms with van der Waals surface area (Å²) in [5.41, 5.74) is 0. The summed E-state index contributed by atoms with van der Waals surface area (Å²) >= 11 is 0. The van der Waals surface area contributed by atoms with Crippen LogP contribution in [0, 0.1) is 0 Å². The summed E-state index contributed by atoms with van der Waals surface area (Å²) in [6.45, 7) is 9.90. The Labute approximate surface area is 105 Å². The molecule has 0 aromatic carbocycles. The van der Waals surface area contributed by atoms with Gasteiger partial charge in [-0.15, -0.1) is 0 Å². The van der Waals surface area contributed by atoms with Crippen LogP contribution in [0.3, 0.4) is 0 Å². The third kappa shape index (κ3) is 8.86. The first-order valence-electron chi connectivity index (χ1n) is 6.53. The van der Waals surface area contributed by atoms with Crippen LogP contribution in [0.15, 0.2) is 0 Å². The Morgan fingerprint density at radius 1 is 1.24 bits per heavy atom. The fraction of sp³-hybridized carbons (Fsp3) is 0.846. The number of carbonyl (C=O) groups excluding carboxylic acids is 2. The molecular weight excluding hydrogens is 216 g/mol. The summed E-state index contributed by atoms with van der Waals surface area (Å²) in [5.74, 6) is 0.358. The van der Waals surface area contributed by atoms with Gasteiger partial charge in [-0.2, -0.15) is 0 Å². The van der Waals surface area contributed by atoms with E-state index in [4.69, 9.17) is 0 Å². The molecule has 0 aliphatic carbocycles. The van der Waals surface area contributed by atoms with Crippen molar-refractivity contribution in [2.24, 2.45) is 0 Å². The van der Waals surface area contributed by atoms with Crippen LogP contribution in [0.2, 0.25) is 0 Å². The fourth-order valence-corrected chi connectivity index (χ4v) is 1.60. The highest BCUT2D eigenvalue weighted by Crippen LogP contribution is 1.98. The molecule has 0 aromatic heterocycles. The number of hydrogen-bond donors (Lipinski definition) is 1. The fourth-order valence-electron chi connectivity index (χ4n) is 1.60. The van der Waals surface area contributed by atoms with Crippen molar-refractivity contribution in [3.63, 3.8) is 0 Å². The van der Waals surface area contributed by atoms with Gasteiger partial charge in [-0.1, -0.05) is 13.8 Å². The van der Waals surface area contributed by atoms with E-state index in [-0.39, 0.29) is 11.9 Å². The molecule has 0 radical (unpaired) electrons. The lowest BCUT2D eigenvalue weighted by molar-refractivity contribution is -0.122. The predicted octanol–water partition coefficient (Wildman–Crippen LogP) is 1.59. The van der Waals surface area contributed by atoms with Crippen LogP contribution in [-0.4, -0.2) is 42.3 Å². The van der Waals surface area contributed by atoms with Crippen molar-refractivity contribution in [1.82, 2.24) is 10.2 Å². The van der Waals surface area contributed by atoms with E-state index in [9.17, 15) is 9.59 Å². The molecule has 0 unspecified atom stereocenters. The number of rotatable bonds is 9. The normalized spacial score (nSPS) is 10.9. The minimum absolute atomic E-state index is 0.0590. The molecule has 0 saturated carbocycles. The van der Waals surface area contributed by atoms with Gasteiger partial charge in [0, 0.05) is 18.9 Å². The number of likely N-dealkylation sites (N-methyl/N-ethyl adjacent to an activating group) is 1. The molecule has 0 aliphatic heterocycles. The molecule has 0 spiro atoms. The Balaban J connectivity index is 3.83. The second-order valence-electron chi connectivity index (χ2n) is 4.59. The van der Waals surface area contributed by atoms with Gasteiger partial charge in [0.25, 0.3) is 0 Å². The highest BCUT2D eigenvalue weighted by Gasteiger charge is 2.10. The topological polar surface area (TPSA) is 49.4 Å². The number of carbonyl (C=O) groups is 2. The molecule has 4 nitrogen and oxygen atoms in total. The monoisotopic (exact) mass is 242 g/mol. The first kappa shape index (κ1) is 16.1. The van der Waals surface area contributed by atoms with E-state index in [1.165, 1.54) is 0 Å². The van der Waals surface area contributed by atoms with Gasteiger partial charge in [-0.05, 0) is 33.4 Å². The molecular formula is C13H26N2O2. The summed E-state index contributed by atoms with van der Waals surface area (Å²) in [5, 5.41) is 2.87. The molecule has 1 amide bonds. The Hall–Kier alpha value is -0.900. The maximum absolute atomic E-state index is 11.6. The van der Waals surface area contributed by atoms with Crippen LogP contribution in [0.4, 0.5) is 0 Å². The van der Waals surface area contributed by atoms with E-state index < -0.39 is 0 Å². The zero-order valence-corrected chi connectivity index (χ0v) is 11.6. The Bertz CT molecular complexity index is 240. The van der Waals surface area contributed by atoms with Crippen LogP contribution in [0.25, 0.3) is 0 Å². The van der Waals surface area contributed by atoms with Crippen molar-refractivity contribution in [3.05, 3.63) is 0 Å². The molecule has 1 N–H and O–H groups in total. The summed E-state index contributed by atoms with van der Waals surface area (Å²) in [7, 11) is 0. The molecule has 0 saturated heterocycles. The van der Waals surface area contributed by atoms with Crippen molar-refractivity contribution < 1.29 is 9.59 Å². The lowest BCUT2D eigenvalue weighted by atomic mass is 10.2. The van der Waals surface area contributed by atoms with Gasteiger partial charge in [-0.3, -0.25) is 14.5 Å². The van der Waals surface area contributed by atoms with Crippen molar-refractivity contribution in [2.75, 3.05) is 19.6 Å². The standard InChI is InChI=1S/C13H26N2O2/c1-5-12(16)8-7-9-15(6-2)10-13(17)14-11(3)4/h11H,5-10H2,1-4H3,(H,14,17). The lowest BCUT2D eigenvalue weighted by Crippen LogP contribution is -2.40. The summed E-state index contributed by atoms with van der Waals surface area (Å²) < 4.78 is 0. The molecule has 0 aromatic rings. The van der Waals surface area contributed by atoms with Crippen LogP contribution in [0.1, 0.15) is 47.0 Å². The van der Waals surface area contributed by atoms with Crippen molar-refractivity contribution in [1.29, 1.82) is 0 Å². The summed E-state index contributed by atoms with van der Waals surface area (Å²) in [4.78, 5) is 24.8. The maximum Gasteiger partial charge on any atom is 0.234 e. The molecule has 0 rings (SSSR count). The largest absolute Gasteiger partial charge is 0.353 e. The van der Waals surface area contributed by atoms with E-state index in [0.29, 0.717) is 25.2 Å². The van der Waals surface area contributed by atoms with Gasteiger partial charge in [0.15, 0.2) is 0 Å². The number of nitrogens with one attached hydrogen (secondary N) is 1. The van der Waals surface area contributed by atoms with Crippen molar-refractivity contribution >= 4 is 11.7 Å². The van der Waals surface area contributed by atoms with Gasteiger partial charge in [0.2, 0.25) is 5.91 Å². The van der Waals surface area contributed by atoms with E-state index in [0.717, 1.165) is 19.5 Å². The van der Waals surface area contributed by atoms with Gasteiger partial charge in [0.1, 0.15) is 5.78 Å². The summed E-state index contributed by atoms with van der Waals surface area (Å²) in [6.07, 6.45) is 2.08. The summed E-state index contributed by atoms with van der Waals surface area (Å²) in [6, 6.07) is 0.183. The van der Waals surface area contributed by atoms with E-state index in [2.05, 4.69) is 10.2 Å². The minimum Gasteiger partial charge on any atom is -0.353 e. The maximum atomic E-state index is 11.6. The van der Waals surface area contributed by atoms with Crippen molar-refractivity contribution in [2.45, 2.75) is 53.0 Å². The quantitative estimate of drug-likeness (QED) is 0.668. The zero-order chi connectivity index (χ0) is 13.3. The van der Waals surface area contributed by atoms with Crippen LogP contribution in [-0.2, 0) is 9.59 Å². The number of Topliss-reactive ketones (excluding diaryl/α,β-unsaturated/α-hetero) is 1. The van der Waals surface area contributed by atoms with Crippen LogP contribution < -0.4 is 5.32 Å². The third-order valence-corrected chi connectivity index (χ3v) is 2.59. The highest BCUT2D eigenvalue weighted by molar-refractivity contribution is 5.78. The average Bonchev–Trinajstić information content (AvgIpc) is 2.26. The SMILES string of the molecule is CCC(=O)CCCN(CC)CC(=O)NC(C)C. The minimum atomic E-state index is 0.0590. The molecule has 0 bridgehead atoms. The van der Waals surface area contributed by atoms with Gasteiger partial charge < -0.3 is 5.32 Å². The Kier molecular flexibility index (Phi) is 8.68.